The van der Waals surface area contributed by atoms with Crippen molar-refractivity contribution in [3.8, 4) is 0 Å². The molecule has 54 valence electrons. The van der Waals surface area contributed by atoms with Gasteiger partial charge in [-0.2, -0.15) is 0 Å². The average Bonchev–Trinajstić information content (AvgIpc) is 1.80. The number of hydrogen-bond acceptors (Lipinski definition) is 2. The Morgan fingerprint density at radius 2 is 2.33 bits per heavy atom. The van der Waals surface area contributed by atoms with Crippen LogP contribution in [0, 0.1) is 0 Å². The van der Waals surface area contributed by atoms with Crippen molar-refractivity contribution in [1.29, 1.82) is 0 Å². The third-order valence-corrected chi connectivity index (χ3v) is 1.09. The highest BCUT2D eigenvalue weighted by molar-refractivity contribution is 9.18. The lowest BCUT2D eigenvalue weighted by molar-refractivity contribution is -0.114. The van der Waals surface area contributed by atoms with Crippen LogP contribution in [0.1, 0.15) is 19.8 Å². The minimum absolute atomic E-state index is 0.0846. The van der Waals surface area contributed by atoms with Crippen LogP contribution in [0.5, 0.6) is 0 Å². The Morgan fingerprint density at radius 1 is 1.67 bits per heavy atom. The molecule has 0 amide bonds. The summed E-state index contributed by atoms with van der Waals surface area (Å²) in [6, 6.07) is 0. The Hall–Kier alpha value is 0.110. The van der Waals surface area contributed by atoms with E-state index >= 15 is 0 Å². The van der Waals surface area contributed by atoms with Crippen molar-refractivity contribution in [3.63, 3.8) is 0 Å². The van der Waals surface area contributed by atoms with Crippen LogP contribution in [-0.2, 0) is 9.53 Å². The van der Waals surface area contributed by atoms with Gasteiger partial charge < -0.3 is 4.74 Å². The predicted molar refractivity (Wildman–Crippen MR) is 39.7 cm³/mol. The normalized spacial score (nSPS) is 9.56. The highest BCUT2D eigenvalue weighted by atomic mass is 79.9. The van der Waals surface area contributed by atoms with Crippen LogP contribution in [0.2, 0.25) is 0 Å². The summed E-state index contributed by atoms with van der Waals surface area (Å²) in [6.45, 7) is 2.97. The van der Waals surface area contributed by atoms with Crippen LogP contribution in [0.3, 0.4) is 0 Å². The summed E-state index contributed by atoms with van der Waals surface area (Å²) in [7, 11) is 0. The van der Waals surface area contributed by atoms with Crippen molar-refractivity contribution >= 4 is 20.6 Å². The second-order valence-electron chi connectivity index (χ2n) is 1.76. The van der Waals surface area contributed by atoms with E-state index in [0.29, 0.717) is 6.61 Å². The first kappa shape index (κ1) is 9.11. The highest BCUT2D eigenvalue weighted by Crippen LogP contribution is 1.90. The second-order valence-corrected chi connectivity index (χ2v) is 2.65. The van der Waals surface area contributed by atoms with E-state index in [1.807, 2.05) is 0 Å². The van der Waals surface area contributed by atoms with Crippen molar-refractivity contribution < 1.29 is 9.53 Å². The fourth-order valence-electron chi connectivity index (χ4n) is 0.399. The van der Waals surface area contributed by atoms with Crippen molar-refractivity contribution in [2.45, 2.75) is 19.8 Å². The molecule has 0 rings (SSSR count). The molecule has 0 aromatic rings. The maximum Gasteiger partial charge on any atom is 0.223 e. The maximum atomic E-state index is 10.2. The summed E-state index contributed by atoms with van der Waals surface area (Å²) < 4.78 is 4.85. The van der Waals surface area contributed by atoms with Gasteiger partial charge in [-0.15, -0.1) is 0 Å². The molecule has 0 saturated carbocycles. The monoisotopic (exact) mass is 194 g/mol. The van der Waals surface area contributed by atoms with E-state index in [-0.39, 0.29) is 11.3 Å². The molecular formula is C6H11BrO2. The van der Waals surface area contributed by atoms with Gasteiger partial charge in [0, 0.05) is 6.61 Å². The van der Waals surface area contributed by atoms with Crippen molar-refractivity contribution in [1.82, 2.24) is 0 Å². The van der Waals surface area contributed by atoms with Crippen LogP contribution in [0.4, 0.5) is 0 Å². The summed E-state index contributed by atoms with van der Waals surface area (Å²) in [5.41, 5.74) is 0. The standard InChI is InChI=1S/C6H11BrO2/c1-2-3-4-9-5-6(7)8/h2-5H2,1H3. The van der Waals surface area contributed by atoms with E-state index in [1.165, 1.54) is 0 Å². The molecule has 0 aromatic heterocycles. The van der Waals surface area contributed by atoms with Crippen LogP contribution >= 0.6 is 15.9 Å². The Morgan fingerprint density at radius 3 is 2.78 bits per heavy atom. The first-order valence-corrected chi connectivity index (χ1v) is 3.82. The zero-order chi connectivity index (χ0) is 7.11. The third kappa shape index (κ3) is 8.11. The molecule has 0 unspecified atom stereocenters. The van der Waals surface area contributed by atoms with Gasteiger partial charge in [-0.1, -0.05) is 13.3 Å². The summed E-state index contributed by atoms with van der Waals surface area (Å²) in [6.07, 6.45) is 2.14. The minimum Gasteiger partial charge on any atom is -0.373 e. The number of unbranched alkanes of at least 4 members (excludes halogenated alkanes) is 1. The van der Waals surface area contributed by atoms with Gasteiger partial charge in [0.05, 0.1) is 0 Å². The van der Waals surface area contributed by atoms with Crippen LogP contribution < -0.4 is 0 Å². The van der Waals surface area contributed by atoms with Gasteiger partial charge in [0.15, 0.2) is 0 Å². The van der Waals surface area contributed by atoms with Crippen LogP contribution in [-0.4, -0.2) is 17.9 Å². The zero-order valence-electron chi connectivity index (χ0n) is 5.52. The molecule has 0 aliphatic heterocycles. The van der Waals surface area contributed by atoms with E-state index in [9.17, 15) is 4.79 Å². The summed E-state index contributed by atoms with van der Waals surface area (Å²) in [5, 5.41) is 0. The number of rotatable bonds is 5. The summed E-state index contributed by atoms with van der Waals surface area (Å²) in [4.78, 5) is 10.2. The van der Waals surface area contributed by atoms with Crippen molar-refractivity contribution in [2.75, 3.05) is 13.2 Å². The quantitative estimate of drug-likeness (QED) is 0.493. The molecule has 0 bridgehead atoms. The van der Waals surface area contributed by atoms with E-state index in [1.54, 1.807) is 0 Å². The lowest BCUT2D eigenvalue weighted by Gasteiger charge is -1.96. The van der Waals surface area contributed by atoms with Gasteiger partial charge in [0.1, 0.15) is 6.61 Å². The number of carbonyl (C=O) groups excluding carboxylic acids is 1. The number of hydrogen-bond donors (Lipinski definition) is 0. The van der Waals surface area contributed by atoms with E-state index in [4.69, 9.17) is 4.74 Å². The van der Waals surface area contributed by atoms with E-state index < -0.39 is 0 Å². The molecule has 9 heavy (non-hydrogen) atoms. The Kier molecular flexibility index (Phi) is 6.31. The molecule has 0 N–H and O–H groups in total. The maximum absolute atomic E-state index is 10.2. The Bertz CT molecular complexity index is 83.1. The lowest BCUT2D eigenvalue weighted by atomic mass is 10.4. The van der Waals surface area contributed by atoms with Crippen LogP contribution in [0.25, 0.3) is 0 Å². The second kappa shape index (κ2) is 6.23. The largest absolute Gasteiger partial charge is 0.373 e. The van der Waals surface area contributed by atoms with Gasteiger partial charge >= 0.3 is 0 Å². The molecule has 0 heterocycles. The van der Waals surface area contributed by atoms with Gasteiger partial charge in [-0.05, 0) is 22.4 Å². The number of ether oxygens (including phenoxy) is 1. The molecule has 3 heteroatoms. The van der Waals surface area contributed by atoms with E-state index in [2.05, 4.69) is 22.9 Å². The zero-order valence-corrected chi connectivity index (χ0v) is 7.11. The molecule has 0 aromatic carbocycles. The van der Waals surface area contributed by atoms with Crippen molar-refractivity contribution in [3.05, 3.63) is 0 Å². The predicted octanol–water partition coefficient (Wildman–Crippen LogP) is 1.72. The molecule has 0 fully saturated rings. The highest BCUT2D eigenvalue weighted by Gasteiger charge is 1.92. The van der Waals surface area contributed by atoms with E-state index in [0.717, 1.165) is 12.8 Å². The molecule has 0 atom stereocenters. The first-order chi connectivity index (χ1) is 4.27. The van der Waals surface area contributed by atoms with Gasteiger partial charge in [0.25, 0.3) is 0 Å². The number of halogens is 1. The van der Waals surface area contributed by atoms with Gasteiger partial charge in [0.2, 0.25) is 4.69 Å². The fourth-order valence-corrected chi connectivity index (χ4v) is 0.561. The molecule has 0 aliphatic carbocycles. The summed E-state index contributed by atoms with van der Waals surface area (Å²) in [5.74, 6) is 0. The fraction of sp³-hybridized carbons (Fsp3) is 0.833. The molecule has 0 spiro atoms. The van der Waals surface area contributed by atoms with Gasteiger partial charge in [-0.3, -0.25) is 4.79 Å². The summed E-state index contributed by atoms with van der Waals surface area (Å²) >= 11 is 2.76. The molecule has 0 saturated heterocycles. The third-order valence-electron chi connectivity index (χ3n) is 0.858. The SMILES string of the molecule is CCCCOCC(=O)Br. The van der Waals surface area contributed by atoms with Gasteiger partial charge in [-0.25, -0.2) is 0 Å². The lowest BCUT2D eigenvalue weighted by Crippen LogP contribution is -2.01. The smallest absolute Gasteiger partial charge is 0.223 e. The first-order valence-electron chi connectivity index (χ1n) is 3.03. The number of carbonyl (C=O) groups is 1. The molecule has 2 nitrogen and oxygen atoms in total. The Balaban J connectivity index is 2.83. The molecular weight excluding hydrogens is 184 g/mol. The minimum atomic E-state index is -0.0846. The average molecular weight is 195 g/mol. The van der Waals surface area contributed by atoms with Crippen molar-refractivity contribution in [2.24, 2.45) is 0 Å². The van der Waals surface area contributed by atoms with Crippen LogP contribution in [0.15, 0.2) is 0 Å². The Labute approximate surface area is 63.7 Å². The molecule has 0 aliphatic rings. The topological polar surface area (TPSA) is 26.3 Å². The molecule has 0 radical (unpaired) electrons.